The van der Waals surface area contributed by atoms with E-state index >= 15 is 0 Å². The molecule has 4 unspecified atom stereocenters. The number of hydrogen-bond acceptors (Lipinski definition) is 0. The monoisotopic (exact) mass is 338 g/mol. The van der Waals surface area contributed by atoms with E-state index in [-0.39, 0.29) is 11.8 Å². The summed E-state index contributed by atoms with van der Waals surface area (Å²) in [5, 5.41) is 0. The van der Waals surface area contributed by atoms with Gasteiger partial charge in [-0.2, -0.15) is 0 Å². The quantitative estimate of drug-likeness (QED) is 0.535. The van der Waals surface area contributed by atoms with Gasteiger partial charge in [0.15, 0.2) is 0 Å². The van der Waals surface area contributed by atoms with Crippen molar-refractivity contribution in [2.45, 2.75) is 96.3 Å². The van der Waals surface area contributed by atoms with Crippen LogP contribution in [0.3, 0.4) is 0 Å². The lowest BCUT2D eigenvalue weighted by Gasteiger charge is -2.43. The SMILES string of the molecule is CC1CCC(C2CCC(C3CCC(C4CC4)CC3)CC2)C(F)C1F. The molecule has 0 radical (unpaired) electrons. The first-order chi connectivity index (χ1) is 11.6. The minimum absolute atomic E-state index is 0.0164. The minimum atomic E-state index is -1.21. The van der Waals surface area contributed by atoms with Gasteiger partial charge in [0.1, 0.15) is 12.3 Å². The van der Waals surface area contributed by atoms with Gasteiger partial charge in [-0.05, 0) is 118 Å². The van der Waals surface area contributed by atoms with Gasteiger partial charge in [0.2, 0.25) is 0 Å². The van der Waals surface area contributed by atoms with Crippen molar-refractivity contribution in [2.75, 3.05) is 0 Å². The van der Waals surface area contributed by atoms with Gasteiger partial charge in [-0.1, -0.05) is 6.92 Å². The van der Waals surface area contributed by atoms with Gasteiger partial charge >= 0.3 is 0 Å². The summed E-state index contributed by atoms with van der Waals surface area (Å²) in [4.78, 5) is 0. The molecule has 0 amide bonds. The Morgan fingerprint density at radius 1 is 0.458 bits per heavy atom. The van der Waals surface area contributed by atoms with Crippen molar-refractivity contribution in [1.82, 2.24) is 0 Å². The van der Waals surface area contributed by atoms with E-state index in [1.54, 1.807) is 0 Å². The average Bonchev–Trinajstić information content (AvgIpc) is 3.46. The van der Waals surface area contributed by atoms with E-state index in [1.807, 2.05) is 6.92 Å². The standard InChI is InChI=1S/C22H36F2/c1-14-2-13-20(22(24)21(14)23)19-11-9-18(10-12-19)17-7-5-16(6-8-17)15-3-4-15/h14-22H,2-13H2,1H3. The molecule has 4 aliphatic rings. The maximum absolute atomic E-state index is 14.5. The molecule has 2 heteroatoms. The Morgan fingerprint density at radius 2 is 0.833 bits per heavy atom. The zero-order valence-corrected chi connectivity index (χ0v) is 15.4. The molecule has 0 aromatic carbocycles. The molecule has 4 atom stereocenters. The lowest BCUT2D eigenvalue weighted by atomic mass is 9.64. The van der Waals surface area contributed by atoms with E-state index in [2.05, 4.69) is 0 Å². The average molecular weight is 339 g/mol. The van der Waals surface area contributed by atoms with Crippen LogP contribution < -0.4 is 0 Å². The molecule has 4 fully saturated rings. The molecule has 0 aliphatic heterocycles. The molecular formula is C22H36F2. The van der Waals surface area contributed by atoms with E-state index < -0.39 is 12.3 Å². The van der Waals surface area contributed by atoms with E-state index in [0.717, 1.165) is 36.5 Å². The smallest absolute Gasteiger partial charge is 0.134 e. The van der Waals surface area contributed by atoms with E-state index in [4.69, 9.17) is 0 Å². The maximum atomic E-state index is 14.5. The summed E-state index contributed by atoms with van der Waals surface area (Å²) in [5.74, 6) is 4.38. The number of rotatable bonds is 3. The zero-order chi connectivity index (χ0) is 16.7. The predicted molar refractivity (Wildman–Crippen MR) is 95.3 cm³/mol. The van der Waals surface area contributed by atoms with Gasteiger partial charge in [-0.25, -0.2) is 8.78 Å². The normalized spacial score (nSPS) is 50.6. The minimum Gasteiger partial charge on any atom is -0.244 e. The number of hydrogen-bond donors (Lipinski definition) is 0. The maximum Gasteiger partial charge on any atom is 0.134 e. The van der Waals surface area contributed by atoms with Gasteiger partial charge in [-0.3, -0.25) is 0 Å². The van der Waals surface area contributed by atoms with Gasteiger partial charge in [0.05, 0.1) is 0 Å². The fourth-order valence-electron chi connectivity index (χ4n) is 6.52. The second-order valence-corrected chi connectivity index (χ2v) is 9.79. The van der Waals surface area contributed by atoms with Crippen molar-refractivity contribution in [3.05, 3.63) is 0 Å². The molecule has 0 nitrogen and oxygen atoms in total. The molecule has 138 valence electrons. The topological polar surface area (TPSA) is 0 Å². The Labute approximate surface area is 147 Å². The molecular weight excluding hydrogens is 302 g/mol. The van der Waals surface area contributed by atoms with E-state index in [0.29, 0.717) is 5.92 Å². The first kappa shape index (κ1) is 17.3. The molecule has 0 bridgehead atoms. The summed E-state index contributed by atoms with van der Waals surface area (Å²) in [5.41, 5.74) is 0. The fraction of sp³-hybridized carbons (Fsp3) is 1.00. The second-order valence-electron chi connectivity index (χ2n) is 9.79. The Hall–Kier alpha value is -0.140. The predicted octanol–water partition coefficient (Wildman–Crippen LogP) is 6.73. The summed E-state index contributed by atoms with van der Waals surface area (Å²) in [6.07, 6.45) is 13.2. The molecule has 4 aliphatic carbocycles. The van der Waals surface area contributed by atoms with E-state index in [9.17, 15) is 8.78 Å². The highest BCUT2D eigenvalue weighted by Gasteiger charge is 2.43. The van der Waals surface area contributed by atoms with Crippen molar-refractivity contribution in [3.63, 3.8) is 0 Å². The molecule has 0 spiro atoms. The summed E-state index contributed by atoms with van der Waals surface area (Å²) in [7, 11) is 0. The van der Waals surface area contributed by atoms with Crippen molar-refractivity contribution in [2.24, 2.45) is 41.4 Å². The summed E-state index contributed by atoms with van der Waals surface area (Å²) in [6.45, 7) is 1.88. The highest BCUT2D eigenvalue weighted by atomic mass is 19.2. The van der Waals surface area contributed by atoms with Crippen LogP contribution in [-0.2, 0) is 0 Å². The Balaban J connectivity index is 1.25. The molecule has 0 saturated heterocycles. The highest BCUT2D eigenvalue weighted by Crippen LogP contribution is 2.50. The molecule has 4 rings (SSSR count). The summed E-state index contributed by atoms with van der Waals surface area (Å²) in [6, 6.07) is 0. The Morgan fingerprint density at radius 3 is 1.25 bits per heavy atom. The molecule has 24 heavy (non-hydrogen) atoms. The largest absolute Gasteiger partial charge is 0.244 e. The molecule has 4 saturated carbocycles. The summed E-state index contributed by atoms with van der Waals surface area (Å²) >= 11 is 0. The van der Waals surface area contributed by atoms with Crippen molar-refractivity contribution in [1.29, 1.82) is 0 Å². The van der Waals surface area contributed by atoms with Crippen LogP contribution in [0.1, 0.15) is 84.0 Å². The second kappa shape index (κ2) is 7.23. The van der Waals surface area contributed by atoms with Crippen LogP contribution in [0.2, 0.25) is 0 Å². The fourth-order valence-corrected chi connectivity index (χ4v) is 6.52. The van der Waals surface area contributed by atoms with Crippen molar-refractivity contribution < 1.29 is 8.78 Å². The first-order valence-corrected chi connectivity index (χ1v) is 10.9. The Kier molecular flexibility index (Phi) is 5.21. The highest BCUT2D eigenvalue weighted by molar-refractivity contribution is 4.93. The first-order valence-electron chi connectivity index (χ1n) is 10.9. The Bertz CT molecular complexity index is 402. The summed E-state index contributed by atoms with van der Waals surface area (Å²) < 4.78 is 28.6. The van der Waals surface area contributed by atoms with Crippen LogP contribution in [0.15, 0.2) is 0 Å². The van der Waals surface area contributed by atoms with Crippen molar-refractivity contribution in [3.8, 4) is 0 Å². The van der Waals surface area contributed by atoms with Gasteiger partial charge in [0.25, 0.3) is 0 Å². The van der Waals surface area contributed by atoms with Gasteiger partial charge in [0, 0.05) is 0 Å². The lowest BCUT2D eigenvalue weighted by Crippen LogP contribution is -2.41. The van der Waals surface area contributed by atoms with Crippen LogP contribution in [0.4, 0.5) is 8.78 Å². The van der Waals surface area contributed by atoms with Crippen LogP contribution in [0.25, 0.3) is 0 Å². The van der Waals surface area contributed by atoms with Crippen molar-refractivity contribution >= 4 is 0 Å². The number of alkyl halides is 2. The van der Waals surface area contributed by atoms with Crippen LogP contribution in [0.5, 0.6) is 0 Å². The van der Waals surface area contributed by atoms with Gasteiger partial charge < -0.3 is 0 Å². The third-order valence-electron chi connectivity index (χ3n) is 8.41. The van der Waals surface area contributed by atoms with Crippen LogP contribution in [0, 0.1) is 41.4 Å². The third kappa shape index (κ3) is 3.54. The zero-order valence-electron chi connectivity index (χ0n) is 15.4. The molecule has 0 aromatic rings. The molecule has 0 aromatic heterocycles. The third-order valence-corrected chi connectivity index (χ3v) is 8.41. The molecule has 0 heterocycles. The van der Waals surface area contributed by atoms with Gasteiger partial charge in [-0.15, -0.1) is 0 Å². The van der Waals surface area contributed by atoms with E-state index in [1.165, 1.54) is 64.2 Å². The van der Waals surface area contributed by atoms with Crippen LogP contribution in [-0.4, -0.2) is 12.3 Å². The number of halogens is 2. The molecule has 0 N–H and O–H groups in total. The lowest BCUT2D eigenvalue weighted by molar-refractivity contribution is -0.0101. The van der Waals surface area contributed by atoms with Crippen LogP contribution >= 0.6 is 0 Å².